The van der Waals surface area contributed by atoms with Crippen LogP contribution >= 0.6 is 0 Å². The van der Waals surface area contributed by atoms with Gasteiger partial charge in [-0.05, 0) is 136 Å². The lowest BCUT2D eigenvalue weighted by atomic mass is 9.65. The van der Waals surface area contributed by atoms with Crippen molar-refractivity contribution in [3.63, 3.8) is 0 Å². The van der Waals surface area contributed by atoms with Crippen LogP contribution in [0.5, 0.6) is 11.5 Å². The third-order valence-corrected chi connectivity index (χ3v) is 13.7. The Balaban J connectivity index is 1.25. The molecule has 2 aromatic heterocycles. The number of rotatable bonds is 12. The van der Waals surface area contributed by atoms with Crippen LogP contribution in [0.25, 0.3) is 0 Å². The van der Waals surface area contributed by atoms with Crippen molar-refractivity contribution < 1.29 is 4.74 Å². The highest BCUT2D eigenvalue weighted by atomic mass is 16.5. The van der Waals surface area contributed by atoms with Crippen LogP contribution in [0.15, 0.2) is 24.5 Å². The van der Waals surface area contributed by atoms with Gasteiger partial charge in [-0.1, -0.05) is 104 Å². The van der Waals surface area contributed by atoms with Crippen molar-refractivity contribution in [3.05, 3.63) is 47.0 Å². The van der Waals surface area contributed by atoms with Gasteiger partial charge in [0, 0.05) is 11.4 Å². The zero-order valence-corrected chi connectivity index (χ0v) is 30.8. The second-order valence-corrected chi connectivity index (χ2v) is 16.8. The summed E-state index contributed by atoms with van der Waals surface area (Å²) in [7, 11) is 0. The van der Waals surface area contributed by atoms with Crippen LogP contribution in [0.1, 0.15) is 189 Å². The van der Waals surface area contributed by atoms with E-state index in [4.69, 9.17) is 14.7 Å². The fourth-order valence-corrected chi connectivity index (χ4v) is 11.2. The van der Waals surface area contributed by atoms with Gasteiger partial charge in [0.1, 0.15) is 11.5 Å². The monoisotopic (exact) mass is 641 g/mol. The van der Waals surface area contributed by atoms with E-state index in [1.165, 1.54) is 164 Å². The molecule has 0 bridgehead atoms. The molecule has 0 spiro atoms. The molecule has 260 valence electrons. The highest BCUT2D eigenvalue weighted by Crippen LogP contribution is 2.50. The largest absolute Gasteiger partial charge is 0.454 e. The molecule has 0 aromatic carbocycles. The molecule has 6 rings (SSSR count). The zero-order valence-electron chi connectivity index (χ0n) is 30.8. The second-order valence-electron chi connectivity index (χ2n) is 16.8. The number of aryl methyl sites for hydroxylation is 2. The molecule has 3 nitrogen and oxygen atoms in total. The summed E-state index contributed by atoms with van der Waals surface area (Å²) in [6.07, 6.45) is 34.7. The van der Waals surface area contributed by atoms with E-state index in [0.29, 0.717) is 11.8 Å². The average molecular weight is 641 g/mol. The van der Waals surface area contributed by atoms with Crippen molar-refractivity contribution in [2.75, 3.05) is 0 Å². The summed E-state index contributed by atoms with van der Waals surface area (Å²) in [6, 6.07) is 4.82. The molecule has 4 aliphatic carbocycles. The normalized spacial score (nSPS) is 27.7. The van der Waals surface area contributed by atoms with Crippen LogP contribution in [-0.2, 0) is 0 Å². The first-order valence-electron chi connectivity index (χ1n) is 20.6. The molecule has 4 aliphatic rings. The Labute approximate surface area is 288 Å². The molecule has 2 atom stereocenters. The Kier molecular flexibility index (Phi) is 12.8. The van der Waals surface area contributed by atoms with E-state index in [0.717, 1.165) is 47.0 Å². The Bertz CT molecular complexity index is 1130. The van der Waals surface area contributed by atoms with E-state index in [1.807, 2.05) is 12.4 Å². The number of hydrogen-bond acceptors (Lipinski definition) is 3. The molecule has 2 heterocycles. The van der Waals surface area contributed by atoms with Crippen LogP contribution in [0.4, 0.5) is 0 Å². The van der Waals surface area contributed by atoms with Crippen LogP contribution in [0, 0.1) is 49.4 Å². The van der Waals surface area contributed by atoms with Crippen molar-refractivity contribution in [2.45, 2.75) is 181 Å². The molecule has 3 heteroatoms. The first-order valence-corrected chi connectivity index (χ1v) is 20.6. The van der Waals surface area contributed by atoms with Crippen molar-refractivity contribution in [3.8, 4) is 11.5 Å². The molecule has 2 aromatic rings. The lowest BCUT2D eigenvalue weighted by molar-refractivity contribution is 0.172. The van der Waals surface area contributed by atoms with Gasteiger partial charge in [0.25, 0.3) is 0 Å². The summed E-state index contributed by atoms with van der Waals surface area (Å²) in [4.78, 5) is 10.1. The Morgan fingerprint density at radius 3 is 1.26 bits per heavy atom. The van der Waals surface area contributed by atoms with Gasteiger partial charge in [-0.2, -0.15) is 0 Å². The topological polar surface area (TPSA) is 35.0 Å². The molecular weight excluding hydrogens is 572 g/mol. The maximum atomic E-state index is 6.79. The van der Waals surface area contributed by atoms with Crippen molar-refractivity contribution >= 4 is 0 Å². The molecule has 4 saturated carbocycles. The number of aromatic nitrogens is 2. The van der Waals surface area contributed by atoms with E-state index in [9.17, 15) is 0 Å². The van der Waals surface area contributed by atoms with Gasteiger partial charge < -0.3 is 4.74 Å². The van der Waals surface area contributed by atoms with Crippen molar-refractivity contribution in [1.82, 2.24) is 9.97 Å². The summed E-state index contributed by atoms with van der Waals surface area (Å²) in [5, 5.41) is 0. The molecule has 4 fully saturated rings. The first-order chi connectivity index (χ1) is 23.0. The van der Waals surface area contributed by atoms with E-state index in [-0.39, 0.29) is 0 Å². The van der Waals surface area contributed by atoms with Gasteiger partial charge in [0.2, 0.25) is 0 Å². The minimum absolute atomic E-state index is 0.624. The quantitative estimate of drug-likeness (QED) is 0.231. The van der Waals surface area contributed by atoms with Gasteiger partial charge in [-0.15, -0.1) is 0 Å². The maximum Gasteiger partial charge on any atom is 0.146 e. The summed E-state index contributed by atoms with van der Waals surface area (Å²) in [5.74, 6) is 8.14. The fraction of sp³-hybridized carbons (Fsp3) is 0.773. The van der Waals surface area contributed by atoms with E-state index in [1.54, 1.807) is 0 Å². The second kappa shape index (κ2) is 17.2. The van der Waals surface area contributed by atoms with Gasteiger partial charge in [-0.25, -0.2) is 0 Å². The predicted octanol–water partition coefficient (Wildman–Crippen LogP) is 13.4. The molecule has 0 aliphatic heterocycles. The third kappa shape index (κ3) is 8.83. The summed E-state index contributed by atoms with van der Waals surface area (Å²) >= 11 is 0. The first kappa shape index (κ1) is 34.9. The van der Waals surface area contributed by atoms with Crippen LogP contribution in [-0.4, -0.2) is 9.97 Å². The highest BCUT2D eigenvalue weighted by molar-refractivity contribution is 5.39. The van der Waals surface area contributed by atoms with Gasteiger partial charge in [-0.3, -0.25) is 9.97 Å². The Morgan fingerprint density at radius 2 is 0.894 bits per heavy atom. The van der Waals surface area contributed by atoms with Crippen molar-refractivity contribution in [1.29, 1.82) is 0 Å². The minimum atomic E-state index is 0.624. The van der Waals surface area contributed by atoms with Gasteiger partial charge in [0.05, 0.1) is 12.4 Å². The van der Waals surface area contributed by atoms with Crippen molar-refractivity contribution in [2.24, 2.45) is 35.5 Å². The molecular formula is C44H68N2O. The maximum absolute atomic E-state index is 6.79. The van der Waals surface area contributed by atoms with E-state index in [2.05, 4.69) is 39.8 Å². The smallest absolute Gasteiger partial charge is 0.146 e. The number of nitrogens with zero attached hydrogens (tertiary/aromatic N) is 2. The van der Waals surface area contributed by atoms with Gasteiger partial charge in [0.15, 0.2) is 0 Å². The summed E-state index contributed by atoms with van der Waals surface area (Å²) in [6.45, 7) is 9.23. The molecule has 2 unspecified atom stereocenters. The predicted molar refractivity (Wildman–Crippen MR) is 197 cm³/mol. The molecule has 0 amide bonds. The standard InChI is InChI=1S/C44H68N2O/c1-5-13-33-19-23-37(24-20-33)43(35-15-9-7-10-16-35)41-27-39(29-45-31(41)3)47-40-28-42(32(4)46-30-40)44(36-17-11-8-12-18-36)38-25-21-34(14-6-2)22-26-38/h27-30,33-38,43-44H,5-26H2,1-4H3/t33-,34-,37-,38-,43?,44?. The van der Waals surface area contributed by atoms with E-state index < -0.39 is 0 Å². The van der Waals surface area contributed by atoms with Crippen LogP contribution in [0.3, 0.4) is 0 Å². The van der Waals surface area contributed by atoms with Crippen LogP contribution in [0.2, 0.25) is 0 Å². The fourth-order valence-electron chi connectivity index (χ4n) is 11.2. The minimum Gasteiger partial charge on any atom is -0.454 e. The third-order valence-electron chi connectivity index (χ3n) is 13.7. The number of pyridine rings is 2. The summed E-state index contributed by atoms with van der Waals surface area (Å²) in [5.41, 5.74) is 5.42. The average Bonchev–Trinajstić information content (AvgIpc) is 3.10. The van der Waals surface area contributed by atoms with Gasteiger partial charge >= 0.3 is 0 Å². The lowest BCUT2D eigenvalue weighted by Gasteiger charge is -2.40. The van der Waals surface area contributed by atoms with Crippen LogP contribution < -0.4 is 4.74 Å². The summed E-state index contributed by atoms with van der Waals surface area (Å²) < 4.78 is 6.79. The number of hydrogen-bond donors (Lipinski definition) is 0. The zero-order chi connectivity index (χ0) is 32.6. The lowest BCUT2D eigenvalue weighted by Crippen LogP contribution is -2.28. The SMILES string of the molecule is CCC[C@H]1CC[C@H](C(c2cc(Oc3cnc(C)c(C(C4CCCCC4)[C@H]4CC[C@H](CCC)CC4)c3)cnc2C)C2CCCCC2)CC1. The Morgan fingerprint density at radius 1 is 0.532 bits per heavy atom. The number of ether oxygens (including phenoxy) is 1. The molecule has 0 N–H and O–H groups in total. The molecule has 0 saturated heterocycles. The Hall–Kier alpha value is -1.90. The van der Waals surface area contributed by atoms with E-state index >= 15 is 0 Å². The molecule has 0 radical (unpaired) electrons. The molecule has 47 heavy (non-hydrogen) atoms. The highest BCUT2D eigenvalue weighted by Gasteiger charge is 2.37.